The third-order valence-corrected chi connectivity index (χ3v) is 4.23. The molecule has 2 aromatic heterocycles. The lowest BCUT2D eigenvalue weighted by atomic mass is 9.94. The second-order valence-corrected chi connectivity index (χ2v) is 5.87. The van der Waals surface area contributed by atoms with Gasteiger partial charge >= 0.3 is 0 Å². The number of aryl methyl sites for hydroxylation is 2. The van der Waals surface area contributed by atoms with E-state index in [1.807, 2.05) is 35.7 Å². The number of rotatable bonds is 2. The summed E-state index contributed by atoms with van der Waals surface area (Å²) in [6, 6.07) is 3.99. The van der Waals surface area contributed by atoms with Crippen molar-refractivity contribution >= 4 is 5.91 Å². The fourth-order valence-electron chi connectivity index (χ4n) is 3.06. The lowest BCUT2D eigenvalue weighted by Gasteiger charge is -2.31. The van der Waals surface area contributed by atoms with E-state index in [2.05, 4.69) is 15.1 Å². The maximum atomic E-state index is 11.6. The number of amides is 1. The number of carbonyl (C=O) groups excluding carboxylic acids is 1. The van der Waals surface area contributed by atoms with Gasteiger partial charge in [-0.2, -0.15) is 5.10 Å². The molecule has 1 atom stereocenters. The van der Waals surface area contributed by atoms with Crippen molar-refractivity contribution in [3.05, 3.63) is 29.8 Å². The minimum Gasteiger partial charge on any atom is -0.342 e. The molecule has 0 bridgehead atoms. The number of piperidine rings is 1. The summed E-state index contributed by atoms with van der Waals surface area (Å²) < 4.78 is 1.81. The molecule has 22 heavy (non-hydrogen) atoms. The van der Waals surface area contributed by atoms with Crippen molar-refractivity contribution in [3.8, 4) is 11.4 Å². The number of hydrogen-bond acceptors (Lipinski definition) is 4. The predicted octanol–water partition coefficient (Wildman–Crippen LogP) is 1.91. The zero-order valence-electron chi connectivity index (χ0n) is 13.3. The molecule has 116 valence electrons. The summed E-state index contributed by atoms with van der Waals surface area (Å²) in [6.45, 7) is 5.14. The third kappa shape index (κ3) is 2.86. The highest BCUT2D eigenvalue weighted by atomic mass is 16.2. The highest BCUT2D eigenvalue weighted by Gasteiger charge is 2.24. The predicted molar refractivity (Wildman–Crippen MR) is 83.2 cm³/mol. The van der Waals surface area contributed by atoms with Crippen LogP contribution in [-0.4, -0.2) is 43.6 Å². The van der Waals surface area contributed by atoms with Crippen LogP contribution in [0.15, 0.2) is 18.3 Å². The summed E-state index contributed by atoms with van der Waals surface area (Å²) in [5, 5.41) is 4.20. The van der Waals surface area contributed by atoms with Crippen molar-refractivity contribution in [3.63, 3.8) is 0 Å². The molecule has 1 fully saturated rings. The number of carbonyl (C=O) groups is 1. The van der Waals surface area contributed by atoms with Gasteiger partial charge in [0, 0.05) is 44.9 Å². The number of nitrogens with zero attached hydrogens (tertiary/aromatic N) is 5. The summed E-state index contributed by atoms with van der Waals surface area (Å²) in [4.78, 5) is 22.7. The molecule has 0 aliphatic carbocycles. The van der Waals surface area contributed by atoms with Crippen molar-refractivity contribution in [2.24, 2.45) is 7.05 Å². The molecule has 0 saturated carbocycles. The van der Waals surface area contributed by atoms with Gasteiger partial charge in [0.2, 0.25) is 5.91 Å². The van der Waals surface area contributed by atoms with E-state index in [0.717, 1.165) is 48.8 Å². The Hall–Kier alpha value is -2.24. The van der Waals surface area contributed by atoms with Crippen LogP contribution in [0.5, 0.6) is 0 Å². The van der Waals surface area contributed by atoms with Crippen LogP contribution in [0.25, 0.3) is 11.4 Å². The van der Waals surface area contributed by atoms with Gasteiger partial charge < -0.3 is 4.90 Å². The standard InChI is InChI=1S/C16H21N5O/c1-11-18-14(13-5-4-8-21(10-13)12(2)22)9-15(19-11)16-6-7-17-20(16)3/h6-7,9,13H,4-5,8,10H2,1-3H3/t13-/m1/s1. The molecule has 3 heterocycles. The van der Waals surface area contributed by atoms with E-state index in [-0.39, 0.29) is 11.8 Å². The van der Waals surface area contributed by atoms with Gasteiger partial charge in [0.15, 0.2) is 0 Å². The number of hydrogen-bond donors (Lipinski definition) is 0. The first-order valence-corrected chi connectivity index (χ1v) is 7.64. The summed E-state index contributed by atoms with van der Waals surface area (Å²) in [6.07, 6.45) is 3.85. The topological polar surface area (TPSA) is 63.9 Å². The fourth-order valence-corrected chi connectivity index (χ4v) is 3.06. The Bertz CT molecular complexity index is 694. The van der Waals surface area contributed by atoms with Gasteiger partial charge in [0.1, 0.15) is 5.82 Å². The van der Waals surface area contributed by atoms with Crippen molar-refractivity contribution in [2.75, 3.05) is 13.1 Å². The average Bonchev–Trinajstić information content (AvgIpc) is 2.93. The molecule has 3 rings (SSSR count). The molecule has 6 nitrogen and oxygen atoms in total. The molecule has 0 N–H and O–H groups in total. The molecule has 1 aliphatic rings. The van der Waals surface area contributed by atoms with Crippen LogP contribution in [0.1, 0.15) is 37.2 Å². The molecule has 2 aromatic rings. The largest absolute Gasteiger partial charge is 0.342 e. The molecule has 0 spiro atoms. The lowest BCUT2D eigenvalue weighted by Crippen LogP contribution is -2.37. The van der Waals surface area contributed by atoms with Crippen molar-refractivity contribution < 1.29 is 4.79 Å². The molecule has 1 aliphatic heterocycles. The van der Waals surface area contributed by atoms with Crippen LogP contribution in [0.3, 0.4) is 0 Å². The van der Waals surface area contributed by atoms with Crippen LogP contribution in [0, 0.1) is 6.92 Å². The van der Waals surface area contributed by atoms with E-state index < -0.39 is 0 Å². The highest BCUT2D eigenvalue weighted by Crippen LogP contribution is 2.28. The van der Waals surface area contributed by atoms with Crippen molar-refractivity contribution in [1.29, 1.82) is 0 Å². The van der Waals surface area contributed by atoms with Crippen molar-refractivity contribution in [1.82, 2.24) is 24.6 Å². The van der Waals surface area contributed by atoms with Gasteiger partial charge in [-0.3, -0.25) is 9.48 Å². The monoisotopic (exact) mass is 299 g/mol. The highest BCUT2D eigenvalue weighted by molar-refractivity contribution is 5.73. The lowest BCUT2D eigenvalue weighted by molar-refractivity contribution is -0.130. The van der Waals surface area contributed by atoms with E-state index in [4.69, 9.17) is 0 Å². The molecule has 0 radical (unpaired) electrons. The molecule has 6 heteroatoms. The Morgan fingerprint density at radius 2 is 2.18 bits per heavy atom. The van der Waals surface area contributed by atoms with Crippen LogP contribution in [0.4, 0.5) is 0 Å². The Morgan fingerprint density at radius 1 is 1.36 bits per heavy atom. The summed E-state index contributed by atoms with van der Waals surface area (Å²) in [5.74, 6) is 1.18. The Balaban J connectivity index is 1.93. The van der Waals surface area contributed by atoms with Gasteiger partial charge in [-0.05, 0) is 31.9 Å². The SMILES string of the molecule is CC(=O)N1CCC[C@@H](c2cc(-c3ccnn3C)nc(C)n2)C1. The number of likely N-dealkylation sites (tertiary alicyclic amines) is 1. The van der Waals surface area contributed by atoms with E-state index >= 15 is 0 Å². The smallest absolute Gasteiger partial charge is 0.219 e. The summed E-state index contributed by atoms with van der Waals surface area (Å²) in [7, 11) is 1.91. The van der Waals surface area contributed by atoms with E-state index in [9.17, 15) is 4.79 Å². The zero-order valence-corrected chi connectivity index (χ0v) is 13.3. The van der Waals surface area contributed by atoms with Gasteiger partial charge in [0.25, 0.3) is 0 Å². The zero-order chi connectivity index (χ0) is 15.7. The molecule has 1 amide bonds. The van der Waals surface area contributed by atoms with Gasteiger partial charge in [-0.1, -0.05) is 0 Å². The van der Waals surface area contributed by atoms with Crippen LogP contribution >= 0.6 is 0 Å². The fraction of sp³-hybridized carbons (Fsp3) is 0.500. The minimum atomic E-state index is 0.141. The van der Waals surface area contributed by atoms with E-state index in [0.29, 0.717) is 0 Å². The first kappa shape index (κ1) is 14.7. The first-order valence-electron chi connectivity index (χ1n) is 7.64. The van der Waals surface area contributed by atoms with E-state index in [1.165, 1.54) is 0 Å². The average molecular weight is 299 g/mol. The first-order chi connectivity index (χ1) is 10.5. The van der Waals surface area contributed by atoms with Gasteiger partial charge in [0.05, 0.1) is 11.4 Å². The molecule has 0 unspecified atom stereocenters. The van der Waals surface area contributed by atoms with Crippen LogP contribution in [0.2, 0.25) is 0 Å². The van der Waals surface area contributed by atoms with Crippen LogP contribution < -0.4 is 0 Å². The second kappa shape index (κ2) is 5.87. The maximum Gasteiger partial charge on any atom is 0.219 e. The molecule has 0 aromatic carbocycles. The normalized spacial score (nSPS) is 18.5. The molecular weight excluding hydrogens is 278 g/mol. The Labute approximate surface area is 130 Å². The number of aromatic nitrogens is 4. The molecule has 1 saturated heterocycles. The van der Waals surface area contributed by atoms with Crippen LogP contribution in [-0.2, 0) is 11.8 Å². The van der Waals surface area contributed by atoms with Gasteiger partial charge in [-0.15, -0.1) is 0 Å². The summed E-state index contributed by atoms with van der Waals surface area (Å²) >= 11 is 0. The third-order valence-electron chi connectivity index (χ3n) is 4.23. The van der Waals surface area contributed by atoms with Crippen molar-refractivity contribution in [2.45, 2.75) is 32.6 Å². The minimum absolute atomic E-state index is 0.141. The van der Waals surface area contributed by atoms with Gasteiger partial charge in [-0.25, -0.2) is 9.97 Å². The quantitative estimate of drug-likeness (QED) is 0.850. The van der Waals surface area contributed by atoms with E-state index in [1.54, 1.807) is 13.1 Å². The summed E-state index contributed by atoms with van der Waals surface area (Å²) in [5.41, 5.74) is 2.89. The maximum absolute atomic E-state index is 11.6. The Kier molecular flexibility index (Phi) is 3.92. The Morgan fingerprint density at radius 3 is 2.86 bits per heavy atom. The molecular formula is C16H21N5O. The second-order valence-electron chi connectivity index (χ2n) is 5.87.